The monoisotopic (exact) mass is 275 g/mol. The van der Waals surface area contributed by atoms with Crippen LogP contribution in [0.1, 0.15) is 40.9 Å². The maximum absolute atomic E-state index is 4.56. The zero-order valence-corrected chi connectivity index (χ0v) is 12.3. The Morgan fingerprint density at radius 3 is 3.00 bits per heavy atom. The highest BCUT2D eigenvalue weighted by Crippen LogP contribution is 2.23. The van der Waals surface area contributed by atoms with Crippen molar-refractivity contribution in [3.63, 3.8) is 0 Å². The van der Waals surface area contributed by atoms with Crippen LogP contribution in [0.3, 0.4) is 0 Å². The van der Waals surface area contributed by atoms with E-state index in [0.29, 0.717) is 0 Å². The summed E-state index contributed by atoms with van der Waals surface area (Å²) in [5.74, 6) is 0. The first-order valence-corrected chi connectivity index (χ1v) is 7.99. The van der Waals surface area contributed by atoms with E-state index in [1.165, 1.54) is 46.8 Å². The van der Waals surface area contributed by atoms with Gasteiger partial charge in [0.25, 0.3) is 0 Å². The van der Waals surface area contributed by atoms with Crippen molar-refractivity contribution in [1.29, 1.82) is 0 Å². The van der Waals surface area contributed by atoms with Gasteiger partial charge in [-0.2, -0.15) is 0 Å². The Morgan fingerprint density at radius 1 is 1.26 bits per heavy atom. The Kier molecular flexibility index (Phi) is 3.99. The van der Waals surface area contributed by atoms with Crippen LogP contribution in [0, 0.1) is 0 Å². The van der Waals surface area contributed by atoms with E-state index in [9.17, 15) is 0 Å². The highest BCUT2D eigenvalue weighted by Gasteiger charge is 2.15. The summed E-state index contributed by atoms with van der Waals surface area (Å²) >= 11 is 1.91. The summed E-state index contributed by atoms with van der Waals surface area (Å²) in [4.78, 5) is 7.42. The molecule has 0 atom stereocenters. The standard InChI is InChI=1S/C15H21N3S/c1-2-16-9-12-7-8-13(19-12)10-18-11-17-14-5-3-4-6-15(14)18/h7-8,11,16H,2-6,9-10H2,1H3. The van der Waals surface area contributed by atoms with Crippen LogP contribution in [-0.2, 0) is 25.9 Å². The quantitative estimate of drug-likeness (QED) is 0.909. The van der Waals surface area contributed by atoms with Gasteiger partial charge in [-0.25, -0.2) is 4.98 Å². The first-order chi connectivity index (χ1) is 9.36. The van der Waals surface area contributed by atoms with Gasteiger partial charge in [0.1, 0.15) is 0 Å². The topological polar surface area (TPSA) is 29.9 Å². The Bertz CT molecular complexity index is 541. The van der Waals surface area contributed by atoms with Crippen LogP contribution >= 0.6 is 11.3 Å². The van der Waals surface area contributed by atoms with E-state index in [0.717, 1.165) is 19.6 Å². The van der Waals surface area contributed by atoms with Crippen molar-refractivity contribution in [1.82, 2.24) is 14.9 Å². The van der Waals surface area contributed by atoms with Crippen molar-refractivity contribution in [2.45, 2.75) is 45.7 Å². The van der Waals surface area contributed by atoms with Crippen molar-refractivity contribution in [2.75, 3.05) is 6.54 Å². The third-order valence-electron chi connectivity index (χ3n) is 3.70. The lowest BCUT2D eigenvalue weighted by molar-refractivity contribution is 0.630. The summed E-state index contributed by atoms with van der Waals surface area (Å²) in [5.41, 5.74) is 2.79. The summed E-state index contributed by atoms with van der Waals surface area (Å²) in [7, 11) is 0. The Morgan fingerprint density at radius 2 is 2.11 bits per heavy atom. The minimum atomic E-state index is 0.985. The molecule has 1 aliphatic rings. The number of thiophene rings is 1. The van der Waals surface area contributed by atoms with Crippen molar-refractivity contribution < 1.29 is 0 Å². The van der Waals surface area contributed by atoms with E-state index in [4.69, 9.17) is 0 Å². The minimum Gasteiger partial charge on any atom is -0.329 e. The average Bonchev–Trinajstić information content (AvgIpc) is 3.05. The van der Waals surface area contributed by atoms with E-state index in [1.54, 1.807) is 0 Å². The van der Waals surface area contributed by atoms with Gasteiger partial charge in [-0.1, -0.05) is 6.92 Å². The van der Waals surface area contributed by atoms with Crippen LogP contribution in [0.25, 0.3) is 0 Å². The predicted octanol–water partition coefficient (Wildman–Crippen LogP) is 2.98. The van der Waals surface area contributed by atoms with E-state index < -0.39 is 0 Å². The lowest BCUT2D eigenvalue weighted by Gasteiger charge is -2.13. The molecule has 3 nitrogen and oxygen atoms in total. The van der Waals surface area contributed by atoms with Crippen LogP contribution in [-0.4, -0.2) is 16.1 Å². The SMILES string of the molecule is CCNCc1ccc(Cn2cnc3c2CCCC3)s1. The molecule has 0 amide bonds. The number of fused-ring (bicyclic) bond motifs is 1. The van der Waals surface area contributed by atoms with Gasteiger partial charge in [0.2, 0.25) is 0 Å². The predicted molar refractivity (Wildman–Crippen MR) is 79.7 cm³/mol. The number of hydrogen-bond acceptors (Lipinski definition) is 3. The van der Waals surface area contributed by atoms with E-state index in [1.807, 2.05) is 17.7 Å². The molecular weight excluding hydrogens is 254 g/mol. The Hall–Kier alpha value is -1.13. The number of imidazole rings is 1. The first-order valence-electron chi connectivity index (χ1n) is 7.18. The van der Waals surface area contributed by atoms with Crippen LogP contribution in [0.5, 0.6) is 0 Å². The molecule has 4 heteroatoms. The van der Waals surface area contributed by atoms with Crippen molar-refractivity contribution in [2.24, 2.45) is 0 Å². The fourth-order valence-electron chi connectivity index (χ4n) is 2.69. The summed E-state index contributed by atoms with van der Waals surface area (Å²) in [6, 6.07) is 4.50. The Labute approximate surface area is 118 Å². The van der Waals surface area contributed by atoms with Gasteiger partial charge < -0.3 is 9.88 Å². The van der Waals surface area contributed by atoms with Gasteiger partial charge >= 0.3 is 0 Å². The Balaban J connectivity index is 1.71. The second-order valence-electron chi connectivity index (χ2n) is 5.12. The second-order valence-corrected chi connectivity index (χ2v) is 6.37. The molecule has 0 radical (unpaired) electrons. The number of rotatable bonds is 5. The molecular formula is C15H21N3S. The fourth-order valence-corrected chi connectivity index (χ4v) is 3.67. The maximum Gasteiger partial charge on any atom is 0.0955 e. The number of nitrogens with zero attached hydrogens (tertiary/aromatic N) is 2. The molecule has 0 saturated carbocycles. The van der Waals surface area contributed by atoms with Gasteiger partial charge in [0, 0.05) is 22.0 Å². The number of hydrogen-bond donors (Lipinski definition) is 1. The average molecular weight is 275 g/mol. The maximum atomic E-state index is 4.56. The summed E-state index contributed by atoms with van der Waals surface area (Å²) in [6.07, 6.45) is 7.01. The molecule has 2 aromatic heterocycles. The largest absolute Gasteiger partial charge is 0.329 e. The van der Waals surface area contributed by atoms with E-state index in [2.05, 4.69) is 33.9 Å². The lowest BCUT2D eigenvalue weighted by Crippen LogP contribution is -2.10. The van der Waals surface area contributed by atoms with Crippen LogP contribution in [0.15, 0.2) is 18.5 Å². The zero-order valence-electron chi connectivity index (χ0n) is 11.5. The molecule has 0 fully saturated rings. The third kappa shape index (κ3) is 2.90. The lowest BCUT2D eigenvalue weighted by atomic mass is 10.0. The summed E-state index contributed by atoms with van der Waals surface area (Å²) < 4.78 is 2.34. The smallest absolute Gasteiger partial charge is 0.0955 e. The molecule has 0 saturated heterocycles. The van der Waals surface area contributed by atoms with Crippen molar-refractivity contribution in [3.05, 3.63) is 39.6 Å². The van der Waals surface area contributed by atoms with Gasteiger partial charge in [-0.3, -0.25) is 0 Å². The van der Waals surface area contributed by atoms with Gasteiger partial charge in [0.15, 0.2) is 0 Å². The first kappa shape index (κ1) is 12.9. The van der Waals surface area contributed by atoms with E-state index in [-0.39, 0.29) is 0 Å². The molecule has 0 aromatic carbocycles. The van der Waals surface area contributed by atoms with E-state index >= 15 is 0 Å². The van der Waals surface area contributed by atoms with Crippen molar-refractivity contribution in [3.8, 4) is 0 Å². The fraction of sp³-hybridized carbons (Fsp3) is 0.533. The molecule has 3 rings (SSSR count). The summed E-state index contributed by atoms with van der Waals surface area (Å²) in [5, 5.41) is 3.38. The van der Waals surface area contributed by atoms with Crippen LogP contribution in [0.2, 0.25) is 0 Å². The highest BCUT2D eigenvalue weighted by atomic mass is 32.1. The minimum absolute atomic E-state index is 0.985. The molecule has 0 aliphatic heterocycles. The number of aryl methyl sites for hydroxylation is 1. The number of aromatic nitrogens is 2. The van der Waals surface area contributed by atoms with Crippen molar-refractivity contribution >= 4 is 11.3 Å². The second kappa shape index (κ2) is 5.88. The molecule has 0 bridgehead atoms. The molecule has 1 aliphatic carbocycles. The van der Waals surface area contributed by atoms with Crippen LogP contribution < -0.4 is 5.32 Å². The molecule has 102 valence electrons. The van der Waals surface area contributed by atoms with Gasteiger partial charge in [0.05, 0.1) is 18.6 Å². The van der Waals surface area contributed by atoms with Gasteiger partial charge in [-0.05, 0) is 44.4 Å². The molecule has 19 heavy (non-hydrogen) atoms. The zero-order chi connectivity index (χ0) is 13.1. The number of nitrogens with one attached hydrogen (secondary N) is 1. The molecule has 1 N–H and O–H groups in total. The normalized spacial score (nSPS) is 14.6. The highest BCUT2D eigenvalue weighted by molar-refractivity contribution is 7.11. The molecule has 0 spiro atoms. The van der Waals surface area contributed by atoms with Gasteiger partial charge in [-0.15, -0.1) is 11.3 Å². The summed E-state index contributed by atoms with van der Waals surface area (Å²) in [6.45, 7) is 5.15. The molecule has 2 heterocycles. The molecule has 0 unspecified atom stereocenters. The van der Waals surface area contributed by atoms with Crippen LogP contribution in [0.4, 0.5) is 0 Å². The third-order valence-corrected chi connectivity index (χ3v) is 4.77. The molecule has 2 aromatic rings.